The van der Waals surface area contributed by atoms with Crippen LogP contribution in [-0.2, 0) is 16.1 Å². The van der Waals surface area contributed by atoms with Crippen molar-refractivity contribution in [1.29, 1.82) is 0 Å². The van der Waals surface area contributed by atoms with Crippen LogP contribution in [0.4, 0.5) is 0 Å². The minimum absolute atomic E-state index is 0.142. The summed E-state index contributed by atoms with van der Waals surface area (Å²) in [4.78, 5) is 20.6. The fraction of sp³-hybridized carbons (Fsp3) is 0.647. The predicted octanol–water partition coefficient (Wildman–Crippen LogP) is 1.54. The van der Waals surface area contributed by atoms with Crippen LogP contribution in [0, 0.1) is 5.41 Å². The number of piperidine rings is 1. The van der Waals surface area contributed by atoms with Crippen LogP contribution in [0.2, 0.25) is 0 Å². The average molecular weight is 303 g/mol. The molecule has 1 amide bonds. The highest BCUT2D eigenvalue weighted by atomic mass is 16.5. The van der Waals surface area contributed by atoms with E-state index in [0.717, 1.165) is 57.9 Å². The summed E-state index contributed by atoms with van der Waals surface area (Å²) in [6.45, 7) is 7.70. The Balaban J connectivity index is 1.59. The van der Waals surface area contributed by atoms with Gasteiger partial charge in [0.05, 0.1) is 18.9 Å². The van der Waals surface area contributed by atoms with Gasteiger partial charge in [0, 0.05) is 38.2 Å². The molecule has 1 aromatic rings. The first-order chi connectivity index (χ1) is 10.7. The average Bonchev–Trinajstić information content (AvgIpc) is 2.74. The van der Waals surface area contributed by atoms with Gasteiger partial charge in [0.25, 0.3) is 0 Å². The predicted molar refractivity (Wildman–Crippen MR) is 84.3 cm³/mol. The monoisotopic (exact) mass is 303 g/mol. The maximum absolute atomic E-state index is 11.7. The van der Waals surface area contributed by atoms with Gasteiger partial charge in [-0.25, -0.2) is 0 Å². The number of likely N-dealkylation sites (tertiary alicyclic amines) is 1. The van der Waals surface area contributed by atoms with Crippen molar-refractivity contribution in [3.63, 3.8) is 0 Å². The zero-order valence-corrected chi connectivity index (χ0v) is 13.3. The topological polar surface area (TPSA) is 45.7 Å². The second-order valence-corrected chi connectivity index (χ2v) is 6.59. The van der Waals surface area contributed by atoms with E-state index in [1.807, 2.05) is 23.2 Å². The molecule has 0 radical (unpaired) electrons. The molecule has 0 unspecified atom stereocenters. The lowest BCUT2D eigenvalue weighted by Gasteiger charge is -2.42. The fourth-order valence-electron chi connectivity index (χ4n) is 3.47. The van der Waals surface area contributed by atoms with Gasteiger partial charge in [0.15, 0.2) is 0 Å². The van der Waals surface area contributed by atoms with Crippen LogP contribution in [-0.4, -0.2) is 60.1 Å². The summed E-state index contributed by atoms with van der Waals surface area (Å²) in [5.41, 5.74) is 1.27. The molecule has 0 aromatic carbocycles. The van der Waals surface area contributed by atoms with Crippen molar-refractivity contribution in [2.75, 3.05) is 39.4 Å². The van der Waals surface area contributed by atoms with Crippen LogP contribution in [0.15, 0.2) is 24.4 Å². The molecule has 120 valence electrons. The Bertz CT molecular complexity index is 498. The molecule has 3 heterocycles. The van der Waals surface area contributed by atoms with Crippen molar-refractivity contribution in [2.45, 2.75) is 26.3 Å². The molecule has 2 fully saturated rings. The van der Waals surface area contributed by atoms with Gasteiger partial charge in [-0.05, 0) is 38.1 Å². The molecule has 2 aliphatic heterocycles. The molecule has 0 bridgehead atoms. The van der Waals surface area contributed by atoms with E-state index in [9.17, 15) is 4.79 Å². The molecule has 2 saturated heterocycles. The van der Waals surface area contributed by atoms with Gasteiger partial charge in [0.2, 0.25) is 5.91 Å². The van der Waals surface area contributed by atoms with Gasteiger partial charge < -0.3 is 9.64 Å². The van der Waals surface area contributed by atoms with Gasteiger partial charge in [0.1, 0.15) is 0 Å². The lowest BCUT2D eigenvalue weighted by Crippen LogP contribution is -2.48. The highest BCUT2D eigenvalue weighted by molar-refractivity contribution is 5.73. The summed E-state index contributed by atoms with van der Waals surface area (Å²) in [6.07, 6.45) is 4.03. The Morgan fingerprint density at radius 3 is 2.82 bits per heavy atom. The number of amides is 1. The maximum atomic E-state index is 11.7. The number of carbonyl (C=O) groups is 1. The van der Waals surface area contributed by atoms with E-state index < -0.39 is 0 Å². The molecule has 5 nitrogen and oxygen atoms in total. The number of carbonyl (C=O) groups excluding carboxylic acids is 1. The first-order valence-electron chi connectivity index (χ1n) is 8.12. The molecule has 1 aromatic heterocycles. The van der Waals surface area contributed by atoms with Gasteiger partial charge in [-0.15, -0.1) is 0 Å². The number of nitrogens with zero attached hydrogens (tertiary/aromatic N) is 3. The molecule has 0 N–H and O–H groups in total. The maximum Gasteiger partial charge on any atom is 0.219 e. The molecule has 1 spiro atoms. The van der Waals surface area contributed by atoms with E-state index in [1.54, 1.807) is 6.92 Å². The fourth-order valence-corrected chi connectivity index (χ4v) is 3.47. The lowest BCUT2D eigenvalue weighted by molar-refractivity contribution is -0.130. The summed E-state index contributed by atoms with van der Waals surface area (Å²) >= 11 is 0. The second kappa shape index (κ2) is 6.75. The largest absolute Gasteiger partial charge is 0.379 e. The minimum Gasteiger partial charge on any atom is -0.379 e. The van der Waals surface area contributed by atoms with E-state index >= 15 is 0 Å². The number of hydrogen-bond donors (Lipinski definition) is 0. The van der Waals surface area contributed by atoms with Crippen molar-refractivity contribution in [3.8, 4) is 0 Å². The summed E-state index contributed by atoms with van der Waals surface area (Å²) in [6, 6.07) is 6.07. The third-order valence-corrected chi connectivity index (χ3v) is 4.91. The molecule has 22 heavy (non-hydrogen) atoms. The molecule has 0 atom stereocenters. The van der Waals surface area contributed by atoms with Crippen molar-refractivity contribution >= 4 is 5.91 Å². The van der Waals surface area contributed by atoms with Crippen molar-refractivity contribution in [3.05, 3.63) is 30.1 Å². The smallest absolute Gasteiger partial charge is 0.219 e. The van der Waals surface area contributed by atoms with Gasteiger partial charge >= 0.3 is 0 Å². The SMILES string of the molecule is CC(=O)N1CCOCC2(CCN(Cc3ccccn3)CC2)C1. The molecule has 2 aliphatic rings. The van der Waals surface area contributed by atoms with Crippen LogP contribution in [0.1, 0.15) is 25.5 Å². The van der Waals surface area contributed by atoms with Crippen LogP contribution in [0.25, 0.3) is 0 Å². The van der Waals surface area contributed by atoms with E-state index in [2.05, 4.69) is 16.0 Å². The van der Waals surface area contributed by atoms with Crippen LogP contribution >= 0.6 is 0 Å². The minimum atomic E-state index is 0.142. The van der Waals surface area contributed by atoms with E-state index in [1.165, 1.54) is 0 Å². The Hall–Kier alpha value is -1.46. The van der Waals surface area contributed by atoms with E-state index in [4.69, 9.17) is 4.74 Å². The Labute approximate surface area is 132 Å². The molecule has 0 aliphatic carbocycles. The lowest BCUT2D eigenvalue weighted by atomic mass is 9.78. The number of pyridine rings is 1. The molecular weight excluding hydrogens is 278 g/mol. The first-order valence-corrected chi connectivity index (χ1v) is 8.12. The van der Waals surface area contributed by atoms with Crippen LogP contribution in [0.5, 0.6) is 0 Å². The first kappa shape index (κ1) is 15.4. The van der Waals surface area contributed by atoms with Gasteiger partial charge in [-0.1, -0.05) is 6.07 Å². The quantitative estimate of drug-likeness (QED) is 0.831. The summed E-state index contributed by atoms with van der Waals surface area (Å²) in [5, 5.41) is 0. The molecule has 0 saturated carbocycles. The Morgan fingerprint density at radius 1 is 1.32 bits per heavy atom. The number of hydrogen-bond acceptors (Lipinski definition) is 4. The van der Waals surface area contributed by atoms with Crippen molar-refractivity contribution in [1.82, 2.24) is 14.8 Å². The van der Waals surface area contributed by atoms with Gasteiger partial charge in [-0.3, -0.25) is 14.7 Å². The number of ether oxygens (including phenoxy) is 1. The Morgan fingerprint density at radius 2 is 2.14 bits per heavy atom. The third kappa shape index (κ3) is 3.65. The standard InChI is InChI=1S/C17H25N3O2/c1-15(21)20-10-11-22-14-17(13-20)5-8-19(9-6-17)12-16-4-2-3-7-18-16/h2-4,7H,5-6,8-14H2,1H3. The van der Waals surface area contributed by atoms with E-state index in [0.29, 0.717) is 6.61 Å². The second-order valence-electron chi connectivity index (χ2n) is 6.59. The highest BCUT2D eigenvalue weighted by Crippen LogP contribution is 2.34. The van der Waals surface area contributed by atoms with Crippen LogP contribution < -0.4 is 0 Å². The zero-order chi connectivity index (χ0) is 15.4. The Kier molecular flexibility index (Phi) is 4.74. The van der Waals surface area contributed by atoms with Crippen LogP contribution in [0.3, 0.4) is 0 Å². The summed E-state index contributed by atoms with van der Waals surface area (Å²) < 4.78 is 5.80. The number of aromatic nitrogens is 1. The van der Waals surface area contributed by atoms with E-state index in [-0.39, 0.29) is 11.3 Å². The molecular formula is C17H25N3O2. The van der Waals surface area contributed by atoms with Gasteiger partial charge in [-0.2, -0.15) is 0 Å². The summed E-state index contributed by atoms with van der Waals surface area (Å²) in [5.74, 6) is 0.167. The highest BCUT2D eigenvalue weighted by Gasteiger charge is 2.38. The summed E-state index contributed by atoms with van der Waals surface area (Å²) in [7, 11) is 0. The number of rotatable bonds is 2. The van der Waals surface area contributed by atoms with Crippen molar-refractivity contribution in [2.24, 2.45) is 5.41 Å². The van der Waals surface area contributed by atoms with Crippen molar-refractivity contribution < 1.29 is 9.53 Å². The molecule has 3 rings (SSSR count). The third-order valence-electron chi connectivity index (χ3n) is 4.91. The normalized spacial score (nSPS) is 22.5. The zero-order valence-electron chi connectivity index (χ0n) is 13.3. The molecule has 5 heteroatoms.